The summed E-state index contributed by atoms with van der Waals surface area (Å²) in [5.74, 6) is 0. The largest absolute Gasteiger partial charge is 0.399 e. The van der Waals surface area contributed by atoms with Crippen molar-refractivity contribution in [2.75, 3.05) is 0 Å². The predicted molar refractivity (Wildman–Crippen MR) is 52.9 cm³/mol. The van der Waals surface area contributed by atoms with Gasteiger partial charge in [0.2, 0.25) is 0 Å². The number of hydrogen-bond acceptors (Lipinski definition) is 0. The molecule has 0 nitrogen and oxygen atoms in total. The Morgan fingerprint density at radius 2 is 2.08 bits per heavy atom. The van der Waals surface area contributed by atoms with Gasteiger partial charge in [-0.15, -0.1) is 11.6 Å². The van der Waals surface area contributed by atoms with Crippen LogP contribution in [0.3, 0.4) is 0 Å². The molecule has 2 aliphatic rings. The standard InChI is InChI=1S/C8H5ClF3I/c9-7-3-5(13)1-2-6(7,4-7)8(10,11)12/h1-3H,4H2/t6?,7-/m0/s1. The van der Waals surface area contributed by atoms with Gasteiger partial charge < -0.3 is 0 Å². The minimum Gasteiger partial charge on any atom is -0.170 e. The van der Waals surface area contributed by atoms with Crippen LogP contribution in [0, 0.1) is 5.41 Å². The molecule has 1 fully saturated rings. The molecule has 0 amide bonds. The van der Waals surface area contributed by atoms with Gasteiger partial charge in [-0.25, -0.2) is 0 Å². The number of fused-ring (bicyclic) bond motifs is 1. The van der Waals surface area contributed by atoms with E-state index >= 15 is 0 Å². The van der Waals surface area contributed by atoms with Crippen LogP contribution in [0.2, 0.25) is 0 Å². The van der Waals surface area contributed by atoms with Crippen LogP contribution in [0.5, 0.6) is 0 Å². The van der Waals surface area contributed by atoms with Gasteiger partial charge in [-0.05, 0) is 35.1 Å². The van der Waals surface area contributed by atoms with Crippen LogP contribution < -0.4 is 0 Å². The molecule has 0 N–H and O–H groups in total. The molecule has 0 radical (unpaired) electrons. The molecule has 1 unspecified atom stereocenters. The van der Waals surface area contributed by atoms with Gasteiger partial charge in [-0.1, -0.05) is 12.2 Å². The van der Waals surface area contributed by atoms with E-state index in [0.29, 0.717) is 0 Å². The lowest BCUT2D eigenvalue weighted by atomic mass is 9.98. The summed E-state index contributed by atoms with van der Waals surface area (Å²) in [7, 11) is 0. The van der Waals surface area contributed by atoms with Crippen molar-refractivity contribution < 1.29 is 13.2 Å². The highest BCUT2D eigenvalue weighted by atomic mass is 127. The lowest BCUT2D eigenvalue weighted by Crippen LogP contribution is -2.30. The van der Waals surface area contributed by atoms with Crippen molar-refractivity contribution in [3.8, 4) is 0 Å². The molecule has 72 valence electrons. The number of hydrogen-bond donors (Lipinski definition) is 0. The predicted octanol–water partition coefficient (Wildman–Crippen LogP) is 3.81. The van der Waals surface area contributed by atoms with Crippen molar-refractivity contribution in [1.82, 2.24) is 0 Å². The molecule has 1 saturated carbocycles. The summed E-state index contributed by atoms with van der Waals surface area (Å²) in [4.78, 5) is -1.21. The minimum atomic E-state index is -4.24. The maximum atomic E-state index is 12.6. The average molecular weight is 320 g/mol. The van der Waals surface area contributed by atoms with E-state index in [0.717, 1.165) is 3.58 Å². The lowest BCUT2D eigenvalue weighted by molar-refractivity contribution is -0.173. The van der Waals surface area contributed by atoms with E-state index in [1.807, 2.05) is 22.6 Å². The Balaban J connectivity index is 2.40. The van der Waals surface area contributed by atoms with E-state index in [1.165, 1.54) is 18.2 Å². The molecule has 5 heteroatoms. The number of rotatable bonds is 0. The van der Waals surface area contributed by atoms with E-state index in [4.69, 9.17) is 11.6 Å². The Morgan fingerprint density at radius 1 is 1.46 bits per heavy atom. The second-order valence-electron chi connectivity index (χ2n) is 3.37. The Bertz CT molecular complexity index is 320. The third kappa shape index (κ3) is 1.17. The van der Waals surface area contributed by atoms with Crippen molar-refractivity contribution in [3.05, 3.63) is 21.8 Å². The van der Waals surface area contributed by atoms with Crippen molar-refractivity contribution >= 4 is 34.2 Å². The molecule has 0 aromatic carbocycles. The van der Waals surface area contributed by atoms with Gasteiger partial charge in [0.25, 0.3) is 0 Å². The molecular formula is C8H5ClF3I. The highest BCUT2D eigenvalue weighted by Crippen LogP contribution is 2.72. The van der Waals surface area contributed by atoms with E-state index in [1.54, 1.807) is 0 Å². The van der Waals surface area contributed by atoms with Gasteiger partial charge in [-0.3, -0.25) is 0 Å². The summed E-state index contributed by atoms with van der Waals surface area (Å²) >= 11 is 7.80. The maximum absolute atomic E-state index is 12.6. The average Bonchev–Trinajstić information content (AvgIpc) is 2.53. The molecular weight excluding hydrogens is 315 g/mol. The third-order valence-corrected chi connectivity index (χ3v) is 3.80. The first-order valence-electron chi connectivity index (χ1n) is 3.64. The second kappa shape index (κ2) is 2.45. The first-order chi connectivity index (χ1) is 5.81. The van der Waals surface area contributed by atoms with E-state index in [2.05, 4.69) is 0 Å². The van der Waals surface area contributed by atoms with Crippen LogP contribution >= 0.6 is 34.2 Å². The van der Waals surface area contributed by atoms with E-state index in [-0.39, 0.29) is 6.42 Å². The van der Waals surface area contributed by atoms with Gasteiger partial charge in [-0.2, -0.15) is 13.2 Å². The van der Waals surface area contributed by atoms with Crippen LogP contribution in [0.15, 0.2) is 21.8 Å². The molecule has 0 heterocycles. The summed E-state index contributed by atoms with van der Waals surface area (Å²) < 4.78 is 38.5. The highest BCUT2D eigenvalue weighted by Gasteiger charge is 2.78. The Hall–Kier alpha value is 0.290. The van der Waals surface area contributed by atoms with Crippen molar-refractivity contribution in [2.24, 2.45) is 5.41 Å². The Labute approximate surface area is 92.0 Å². The molecule has 2 aliphatic carbocycles. The molecule has 0 aromatic heterocycles. The van der Waals surface area contributed by atoms with Gasteiger partial charge >= 0.3 is 6.18 Å². The van der Waals surface area contributed by atoms with Crippen molar-refractivity contribution in [1.29, 1.82) is 0 Å². The van der Waals surface area contributed by atoms with Crippen LogP contribution in [0.4, 0.5) is 13.2 Å². The number of allylic oxidation sites excluding steroid dienone is 4. The molecule has 0 bridgehead atoms. The fraction of sp³-hybridized carbons (Fsp3) is 0.500. The lowest BCUT2D eigenvalue weighted by Gasteiger charge is -2.21. The fourth-order valence-electron chi connectivity index (χ4n) is 1.66. The number of alkyl halides is 4. The molecule has 0 aromatic rings. The van der Waals surface area contributed by atoms with Crippen LogP contribution in [0.1, 0.15) is 6.42 Å². The molecule has 2 atom stereocenters. The molecule has 0 spiro atoms. The zero-order valence-electron chi connectivity index (χ0n) is 6.33. The quantitative estimate of drug-likeness (QED) is 0.470. The molecule has 0 saturated heterocycles. The van der Waals surface area contributed by atoms with Gasteiger partial charge in [0.1, 0.15) is 5.41 Å². The normalized spacial score (nSPS) is 42.7. The third-order valence-electron chi connectivity index (χ3n) is 2.55. The molecule has 2 rings (SSSR count). The van der Waals surface area contributed by atoms with E-state index < -0.39 is 16.5 Å². The SMILES string of the molecule is FC(F)(F)C12C=CC(I)=C[C@]1(Cl)C2. The smallest absolute Gasteiger partial charge is 0.170 e. The highest BCUT2D eigenvalue weighted by molar-refractivity contribution is 14.1. The zero-order valence-corrected chi connectivity index (χ0v) is 9.24. The van der Waals surface area contributed by atoms with Gasteiger partial charge in [0.05, 0.1) is 4.87 Å². The summed E-state index contributed by atoms with van der Waals surface area (Å²) in [6, 6.07) is 0. The summed E-state index contributed by atoms with van der Waals surface area (Å²) in [6.45, 7) is 0. The molecule has 0 aliphatic heterocycles. The van der Waals surface area contributed by atoms with Gasteiger partial charge in [0.15, 0.2) is 0 Å². The van der Waals surface area contributed by atoms with Gasteiger partial charge in [0, 0.05) is 3.58 Å². The number of halogens is 5. The first kappa shape index (κ1) is 9.83. The Morgan fingerprint density at radius 3 is 2.54 bits per heavy atom. The van der Waals surface area contributed by atoms with E-state index in [9.17, 15) is 13.2 Å². The monoisotopic (exact) mass is 320 g/mol. The molecule has 13 heavy (non-hydrogen) atoms. The topological polar surface area (TPSA) is 0 Å². The first-order valence-corrected chi connectivity index (χ1v) is 5.10. The van der Waals surface area contributed by atoms with Crippen molar-refractivity contribution in [3.63, 3.8) is 0 Å². The summed E-state index contributed by atoms with van der Waals surface area (Å²) in [5.41, 5.74) is -1.80. The summed E-state index contributed by atoms with van der Waals surface area (Å²) in [5, 5.41) is 0. The van der Waals surface area contributed by atoms with Crippen LogP contribution in [-0.4, -0.2) is 11.1 Å². The fourth-order valence-corrected chi connectivity index (χ4v) is 3.05. The maximum Gasteiger partial charge on any atom is 0.399 e. The van der Waals surface area contributed by atoms with Crippen molar-refractivity contribution in [2.45, 2.75) is 17.5 Å². The zero-order chi connectivity index (χ0) is 9.91. The van der Waals surface area contributed by atoms with Crippen LogP contribution in [-0.2, 0) is 0 Å². The second-order valence-corrected chi connectivity index (χ2v) is 5.29. The summed E-state index contributed by atoms with van der Waals surface area (Å²) in [6.07, 6.45) is -0.126. The Kier molecular flexibility index (Phi) is 1.85. The van der Waals surface area contributed by atoms with Crippen LogP contribution in [0.25, 0.3) is 0 Å². The minimum absolute atomic E-state index is 0.0337.